The zero-order chi connectivity index (χ0) is 27.0. The van der Waals surface area contributed by atoms with Crippen molar-refractivity contribution in [1.29, 1.82) is 0 Å². The van der Waals surface area contributed by atoms with E-state index >= 15 is 0 Å². The third-order valence-corrected chi connectivity index (χ3v) is 7.18. The van der Waals surface area contributed by atoms with Crippen molar-refractivity contribution in [2.24, 2.45) is 0 Å². The maximum Gasteiger partial charge on any atom is 0.236 e. The molecule has 38 heavy (non-hydrogen) atoms. The Balaban J connectivity index is 1.28. The summed E-state index contributed by atoms with van der Waals surface area (Å²) in [6.45, 7) is 10.8. The molecule has 0 spiro atoms. The Kier molecular flexibility index (Phi) is 9.19. The average molecular weight is 540 g/mol. The summed E-state index contributed by atoms with van der Waals surface area (Å²) in [5.41, 5.74) is 2.74. The molecule has 3 aromatic rings. The molecule has 0 radical (unpaired) electrons. The highest BCUT2D eigenvalue weighted by atomic mass is 32.2. The van der Waals surface area contributed by atoms with Crippen molar-refractivity contribution < 1.29 is 17.9 Å². The predicted octanol–water partition coefficient (Wildman–Crippen LogP) is 3.43. The Morgan fingerprint density at radius 2 is 1.55 bits per heavy atom. The lowest BCUT2D eigenvalue weighted by Gasteiger charge is -2.27. The molecule has 0 aliphatic carbocycles. The lowest BCUT2D eigenvalue weighted by Crippen LogP contribution is -2.43. The number of rotatable bonds is 12. The number of sulfonamides is 1. The second-order valence-corrected chi connectivity index (χ2v) is 11.8. The predicted molar refractivity (Wildman–Crippen MR) is 149 cm³/mol. The highest BCUT2D eigenvalue weighted by Gasteiger charge is 2.23. The van der Waals surface area contributed by atoms with E-state index < -0.39 is 10.0 Å². The molecule has 0 unspecified atom stereocenters. The molecule has 9 nitrogen and oxygen atoms in total. The van der Waals surface area contributed by atoms with E-state index in [1.54, 1.807) is 6.07 Å². The molecule has 10 heteroatoms. The van der Waals surface area contributed by atoms with Gasteiger partial charge in [-0.1, -0.05) is 38.1 Å². The maximum absolute atomic E-state index is 11.4. The largest absolute Gasteiger partial charge is 0.494 e. The Bertz CT molecular complexity index is 1280. The van der Waals surface area contributed by atoms with Crippen molar-refractivity contribution in [3.8, 4) is 11.5 Å². The summed E-state index contributed by atoms with van der Waals surface area (Å²) in [7, 11) is -3.44. The molecule has 0 atom stereocenters. The van der Waals surface area contributed by atoms with Crippen LogP contribution in [0.3, 0.4) is 0 Å². The minimum absolute atomic E-state index is 0.0253. The zero-order valence-electron chi connectivity index (χ0n) is 22.3. The molecule has 0 bridgehead atoms. The number of benzene rings is 2. The van der Waals surface area contributed by atoms with Gasteiger partial charge in [-0.2, -0.15) is 0 Å². The first-order valence-electron chi connectivity index (χ1n) is 12.9. The van der Waals surface area contributed by atoms with Gasteiger partial charge in [-0.05, 0) is 47.9 Å². The van der Waals surface area contributed by atoms with Gasteiger partial charge in [0.15, 0.2) is 0 Å². The number of piperazine rings is 1. The summed E-state index contributed by atoms with van der Waals surface area (Å²) >= 11 is 0. The first-order chi connectivity index (χ1) is 18.2. The van der Waals surface area contributed by atoms with Gasteiger partial charge in [0.25, 0.3) is 0 Å². The number of hydrogen-bond acceptors (Lipinski definition) is 8. The van der Waals surface area contributed by atoms with Crippen LogP contribution in [-0.4, -0.2) is 68.9 Å². The lowest BCUT2D eigenvalue weighted by atomic mass is 9.78. The zero-order valence-corrected chi connectivity index (χ0v) is 23.1. The van der Waals surface area contributed by atoms with Crippen LogP contribution in [0.1, 0.15) is 37.1 Å². The Morgan fingerprint density at radius 3 is 2.16 bits per heavy atom. The van der Waals surface area contributed by atoms with Gasteiger partial charge in [0.2, 0.25) is 16.0 Å². The highest BCUT2D eigenvalue weighted by molar-refractivity contribution is 7.91. The molecule has 2 heterocycles. The minimum atomic E-state index is -3.44. The molecule has 4 rings (SSSR count). The van der Waals surface area contributed by atoms with Crippen LogP contribution in [0.5, 0.6) is 11.5 Å². The van der Waals surface area contributed by atoms with Gasteiger partial charge in [0, 0.05) is 44.3 Å². The van der Waals surface area contributed by atoms with Gasteiger partial charge in [-0.3, -0.25) is 4.72 Å². The van der Waals surface area contributed by atoms with Crippen LogP contribution in [0.4, 0.5) is 5.95 Å². The van der Waals surface area contributed by atoms with E-state index in [0.29, 0.717) is 11.4 Å². The normalized spacial score (nSPS) is 14.7. The van der Waals surface area contributed by atoms with Gasteiger partial charge in [0.05, 0.1) is 18.6 Å². The Labute approximate surface area is 225 Å². The molecule has 1 aliphatic rings. The molecule has 2 aromatic carbocycles. The number of nitrogens with zero attached hydrogens (tertiary/aromatic N) is 3. The van der Waals surface area contributed by atoms with Crippen molar-refractivity contribution in [3.05, 3.63) is 77.6 Å². The molecular weight excluding hydrogens is 502 g/mol. The topological polar surface area (TPSA) is 106 Å². The number of anilines is 1. The number of aromatic nitrogens is 2. The van der Waals surface area contributed by atoms with Gasteiger partial charge in [0.1, 0.15) is 18.1 Å². The van der Waals surface area contributed by atoms with Crippen LogP contribution in [0.2, 0.25) is 0 Å². The van der Waals surface area contributed by atoms with E-state index in [-0.39, 0.29) is 18.0 Å². The highest BCUT2D eigenvalue weighted by Crippen LogP contribution is 2.33. The summed E-state index contributed by atoms with van der Waals surface area (Å²) in [5, 5.41) is 3.38. The molecule has 204 valence electrons. The van der Waals surface area contributed by atoms with E-state index in [2.05, 4.69) is 63.0 Å². The fourth-order valence-corrected chi connectivity index (χ4v) is 4.79. The van der Waals surface area contributed by atoms with Gasteiger partial charge >= 0.3 is 0 Å². The second kappa shape index (κ2) is 12.6. The summed E-state index contributed by atoms with van der Waals surface area (Å²) < 4.78 is 36.9. The molecule has 1 fully saturated rings. The second-order valence-electron chi connectivity index (χ2n) is 10.0. The van der Waals surface area contributed by atoms with Gasteiger partial charge < -0.3 is 19.7 Å². The Morgan fingerprint density at radius 1 is 0.947 bits per heavy atom. The molecule has 1 saturated heterocycles. The smallest absolute Gasteiger partial charge is 0.236 e. The third kappa shape index (κ3) is 8.14. The number of ether oxygens (including phenoxy) is 2. The van der Waals surface area contributed by atoms with Crippen LogP contribution in [0.25, 0.3) is 0 Å². The fraction of sp³-hybridized carbons (Fsp3) is 0.429. The number of nitrogens with one attached hydrogen (secondary N) is 2. The quantitative estimate of drug-likeness (QED) is 0.337. The molecular formula is C28H37N5O4S. The van der Waals surface area contributed by atoms with E-state index in [1.165, 1.54) is 11.8 Å². The first kappa shape index (κ1) is 27.8. The van der Waals surface area contributed by atoms with E-state index in [0.717, 1.165) is 63.3 Å². The fourth-order valence-electron chi connectivity index (χ4n) is 4.36. The maximum atomic E-state index is 11.4. The van der Waals surface area contributed by atoms with Crippen molar-refractivity contribution in [2.75, 3.05) is 50.3 Å². The van der Waals surface area contributed by atoms with E-state index in [9.17, 15) is 8.42 Å². The summed E-state index contributed by atoms with van der Waals surface area (Å²) in [6, 6.07) is 18.0. The third-order valence-electron chi connectivity index (χ3n) is 6.63. The summed E-state index contributed by atoms with van der Waals surface area (Å²) in [5.74, 6) is 1.62. The standard InChI is InChI=1S/C28H37N5O4S/c1-28(2,22-5-9-25(10-6-22)36-20-4-17-33-18-15-29-16-19-33)23-7-11-26(12-8-23)37-21-24-13-14-30-27(31-24)32-38(3,34)35/h5-14,29H,4,15-21H2,1-3H3,(H,30,31,32). The SMILES string of the molecule is CC(C)(c1ccc(OCCCN2CCNCC2)cc1)c1ccc(OCc2ccnc(NS(C)(=O)=O)n2)cc1. The van der Waals surface area contributed by atoms with Gasteiger partial charge in [-0.25, -0.2) is 18.4 Å². The van der Waals surface area contributed by atoms with Crippen molar-refractivity contribution in [2.45, 2.75) is 32.3 Å². The average Bonchev–Trinajstić information content (AvgIpc) is 2.90. The van der Waals surface area contributed by atoms with Crippen LogP contribution in [0, 0.1) is 0 Å². The van der Waals surface area contributed by atoms with E-state index in [4.69, 9.17) is 9.47 Å². The molecule has 0 amide bonds. The monoisotopic (exact) mass is 539 g/mol. The van der Waals surface area contributed by atoms with Crippen LogP contribution < -0.4 is 19.5 Å². The van der Waals surface area contributed by atoms with Crippen molar-refractivity contribution >= 4 is 16.0 Å². The summed E-state index contributed by atoms with van der Waals surface area (Å²) in [4.78, 5) is 10.6. The van der Waals surface area contributed by atoms with Gasteiger partial charge in [-0.15, -0.1) is 0 Å². The first-order valence-corrected chi connectivity index (χ1v) is 14.8. The van der Waals surface area contributed by atoms with Crippen molar-refractivity contribution in [3.63, 3.8) is 0 Å². The number of hydrogen-bond donors (Lipinski definition) is 2. The molecule has 2 N–H and O–H groups in total. The van der Waals surface area contributed by atoms with Crippen LogP contribution >= 0.6 is 0 Å². The minimum Gasteiger partial charge on any atom is -0.494 e. The lowest BCUT2D eigenvalue weighted by molar-refractivity contribution is 0.214. The van der Waals surface area contributed by atoms with Crippen LogP contribution in [-0.2, 0) is 22.0 Å². The van der Waals surface area contributed by atoms with E-state index in [1.807, 2.05) is 24.3 Å². The van der Waals surface area contributed by atoms with Crippen LogP contribution in [0.15, 0.2) is 60.8 Å². The molecule has 1 aliphatic heterocycles. The summed E-state index contributed by atoms with van der Waals surface area (Å²) in [6.07, 6.45) is 3.58. The molecule has 1 aromatic heterocycles. The van der Waals surface area contributed by atoms with Crippen molar-refractivity contribution in [1.82, 2.24) is 20.2 Å². The Hall–Kier alpha value is -3.21. The molecule has 0 saturated carbocycles.